The molecule has 0 unspecified atom stereocenters. The van der Waals surface area contributed by atoms with Crippen LogP contribution in [0.25, 0.3) is 22.8 Å². The first-order valence-corrected chi connectivity index (χ1v) is 11.1. The van der Waals surface area contributed by atoms with Crippen LogP contribution in [0.15, 0.2) is 61.7 Å². The fourth-order valence-electron chi connectivity index (χ4n) is 3.72. The van der Waals surface area contributed by atoms with Gasteiger partial charge in [0.25, 0.3) is 0 Å². The van der Waals surface area contributed by atoms with Crippen molar-refractivity contribution in [2.24, 2.45) is 0 Å². The van der Waals surface area contributed by atoms with Gasteiger partial charge in [-0.05, 0) is 63.8 Å². The highest BCUT2D eigenvalue weighted by atomic mass is 15.0. The second-order valence-corrected chi connectivity index (χ2v) is 10.4. The molecule has 0 aliphatic heterocycles. The number of hydrogen-bond acceptors (Lipinski definition) is 6. The molecule has 4 rings (SSSR count). The Morgan fingerprint density at radius 1 is 0.515 bits per heavy atom. The zero-order valence-electron chi connectivity index (χ0n) is 20.2. The quantitative estimate of drug-likeness (QED) is 0.414. The fourth-order valence-corrected chi connectivity index (χ4v) is 3.72. The lowest BCUT2D eigenvalue weighted by Gasteiger charge is -2.23. The summed E-state index contributed by atoms with van der Waals surface area (Å²) in [5.41, 5.74) is 6.94. The van der Waals surface area contributed by atoms with E-state index in [4.69, 9.17) is 0 Å². The Morgan fingerprint density at radius 2 is 0.879 bits per heavy atom. The number of aromatic nitrogens is 6. The Morgan fingerprint density at radius 3 is 1.21 bits per heavy atom. The van der Waals surface area contributed by atoms with E-state index in [0.29, 0.717) is 11.6 Å². The number of nitrogens with zero attached hydrogens (tertiary/aromatic N) is 6. The first-order valence-electron chi connectivity index (χ1n) is 11.1. The van der Waals surface area contributed by atoms with E-state index in [1.165, 1.54) is 22.3 Å². The smallest absolute Gasteiger partial charge is 0.162 e. The lowest BCUT2D eigenvalue weighted by Crippen LogP contribution is -2.13. The summed E-state index contributed by atoms with van der Waals surface area (Å²) in [4.78, 5) is 25.4. The van der Waals surface area contributed by atoms with Crippen LogP contribution in [0.2, 0.25) is 0 Å². The van der Waals surface area contributed by atoms with Crippen LogP contribution in [0.3, 0.4) is 0 Å². The first kappa shape index (κ1) is 22.6. The summed E-state index contributed by atoms with van der Waals surface area (Å²) < 4.78 is 0. The molecule has 0 fully saturated rings. The molecule has 0 saturated heterocycles. The van der Waals surface area contributed by atoms with Crippen molar-refractivity contribution >= 4 is 0 Å². The van der Waals surface area contributed by atoms with Crippen LogP contribution < -0.4 is 0 Å². The van der Waals surface area contributed by atoms with E-state index < -0.39 is 0 Å². The SMILES string of the molecule is CC(C)(C)c1cc(Cc2cc(-c3ncncn3)cc(C(C)(C)C)c2)cc(-c2ncncn2)c1. The van der Waals surface area contributed by atoms with Gasteiger partial charge in [-0.1, -0.05) is 53.7 Å². The summed E-state index contributed by atoms with van der Waals surface area (Å²) in [6.07, 6.45) is 6.95. The van der Waals surface area contributed by atoms with Crippen molar-refractivity contribution in [3.63, 3.8) is 0 Å². The zero-order chi connectivity index (χ0) is 23.6. The molecule has 2 heterocycles. The van der Waals surface area contributed by atoms with Gasteiger partial charge in [0.05, 0.1) is 0 Å². The maximum absolute atomic E-state index is 4.38. The van der Waals surface area contributed by atoms with Gasteiger partial charge in [-0.2, -0.15) is 0 Å². The molecular weight excluding hydrogens is 408 g/mol. The minimum atomic E-state index is 0.00108. The standard InChI is InChI=1S/C27H30N6/c1-26(2,3)22-10-18(8-20(12-22)24-30-14-28-15-31-24)7-19-9-21(25-32-16-29-17-33-25)13-23(11-19)27(4,5)6/h8-17H,7H2,1-6H3. The first-order chi connectivity index (χ1) is 15.6. The molecule has 0 spiro atoms. The molecule has 0 bridgehead atoms. The second kappa shape index (κ2) is 8.77. The van der Waals surface area contributed by atoms with Crippen molar-refractivity contribution in [3.8, 4) is 22.8 Å². The Bertz CT molecular complexity index is 1140. The maximum atomic E-state index is 4.38. The summed E-state index contributed by atoms with van der Waals surface area (Å²) >= 11 is 0. The van der Waals surface area contributed by atoms with Gasteiger partial charge < -0.3 is 0 Å². The largest absolute Gasteiger partial charge is 0.225 e. The molecule has 0 saturated carbocycles. The molecule has 0 amide bonds. The molecular formula is C27H30N6. The lowest BCUT2D eigenvalue weighted by atomic mass is 9.82. The van der Waals surface area contributed by atoms with E-state index in [1.54, 1.807) is 25.3 Å². The Balaban J connectivity index is 1.81. The fraction of sp³-hybridized carbons (Fsp3) is 0.333. The molecule has 2 aromatic carbocycles. The lowest BCUT2D eigenvalue weighted by molar-refractivity contribution is 0.589. The molecule has 168 valence electrons. The van der Waals surface area contributed by atoms with Gasteiger partial charge in [-0.15, -0.1) is 0 Å². The van der Waals surface area contributed by atoms with Gasteiger partial charge in [-0.3, -0.25) is 0 Å². The van der Waals surface area contributed by atoms with Crippen LogP contribution in [0.5, 0.6) is 0 Å². The van der Waals surface area contributed by atoms with Crippen molar-refractivity contribution in [1.29, 1.82) is 0 Å². The van der Waals surface area contributed by atoms with Gasteiger partial charge in [0, 0.05) is 11.1 Å². The highest BCUT2D eigenvalue weighted by Crippen LogP contribution is 2.31. The van der Waals surface area contributed by atoms with Gasteiger partial charge in [0.1, 0.15) is 25.3 Å². The Labute approximate surface area is 195 Å². The van der Waals surface area contributed by atoms with Gasteiger partial charge >= 0.3 is 0 Å². The van der Waals surface area contributed by atoms with E-state index in [9.17, 15) is 0 Å². The van der Waals surface area contributed by atoms with Crippen molar-refractivity contribution in [1.82, 2.24) is 29.9 Å². The van der Waals surface area contributed by atoms with Gasteiger partial charge in [0.15, 0.2) is 11.6 Å². The van der Waals surface area contributed by atoms with Gasteiger partial charge in [-0.25, -0.2) is 29.9 Å². The van der Waals surface area contributed by atoms with Crippen molar-refractivity contribution in [2.45, 2.75) is 58.8 Å². The van der Waals surface area contributed by atoms with Crippen LogP contribution in [0, 0.1) is 0 Å². The molecule has 0 aliphatic rings. The topological polar surface area (TPSA) is 77.3 Å². The van der Waals surface area contributed by atoms with Crippen molar-refractivity contribution in [3.05, 3.63) is 84.0 Å². The summed E-state index contributed by atoms with van der Waals surface area (Å²) in [5, 5.41) is 0. The van der Waals surface area contributed by atoms with Crippen LogP contribution in [-0.4, -0.2) is 29.9 Å². The third-order valence-electron chi connectivity index (χ3n) is 5.63. The molecule has 0 radical (unpaired) electrons. The number of benzene rings is 2. The number of rotatable bonds is 4. The van der Waals surface area contributed by atoms with E-state index in [-0.39, 0.29) is 10.8 Å². The third kappa shape index (κ3) is 5.45. The molecule has 0 aliphatic carbocycles. The van der Waals surface area contributed by atoms with Crippen LogP contribution >= 0.6 is 0 Å². The minimum Gasteiger partial charge on any atom is -0.225 e. The van der Waals surface area contributed by atoms with Crippen LogP contribution in [0.4, 0.5) is 0 Å². The van der Waals surface area contributed by atoms with Gasteiger partial charge in [0.2, 0.25) is 0 Å². The summed E-state index contributed by atoms with van der Waals surface area (Å²) in [5.74, 6) is 1.37. The van der Waals surface area contributed by atoms with Crippen molar-refractivity contribution < 1.29 is 0 Å². The summed E-state index contributed by atoms with van der Waals surface area (Å²) in [6.45, 7) is 13.3. The molecule has 4 aromatic rings. The van der Waals surface area contributed by atoms with Crippen LogP contribution in [0.1, 0.15) is 63.8 Å². The highest BCUT2D eigenvalue weighted by Gasteiger charge is 2.19. The highest BCUT2D eigenvalue weighted by molar-refractivity contribution is 5.61. The molecule has 0 N–H and O–H groups in total. The second-order valence-electron chi connectivity index (χ2n) is 10.4. The zero-order valence-corrected chi connectivity index (χ0v) is 20.2. The van der Waals surface area contributed by atoms with E-state index in [0.717, 1.165) is 17.5 Å². The number of hydrogen-bond donors (Lipinski definition) is 0. The average Bonchev–Trinajstić information content (AvgIpc) is 2.79. The molecule has 33 heavy (non-hydrogen) atoms. The normalized spacial score (nSPS) is 12.1. The minimum absolute atomic E-state index is 0.00108. The third-order valence-corrected chi connectivity index (χ3v) is 5.63. The van der Waals surface area contributed by atoms with E-state index in [1.807, 2.05) is 0 Å². The molecule has 6 nitrogen and oxygen atoms in total. The molecule has 2 aromatic heterocycles. The molecule has 6 heteroatoms. The predicted octanol–water partition coefficient (Wildman–Crippen LogP) is 5.58. The van der Waals surface area contributed by atoms with E-state index >= 15 is 0 Å². The predicted molar refractivity (Wildman–Crippen MR) is 131 cm³/mol. The monoisotopic (exact) mass is 438 g/mol. The van der Waals surface area contributed by atoms with Crippen LogP contribution in [-0.2, 0) is 17.3 Å². The summed E-state index contributed by atoms with van der Waals surface area (Å²) in [6, 6.07) is 13.3. The Kier molecular flexibility index (Phi) is 6.02. The maximum Gasteiger partial charge on any atom is 0.162 e. The molecule has 0 atom stereocenters. The summed E-state index contributed by atoms with van der Waals surface area (Å²) in [7, 11) is 0. The average molecular weight is 439 g/mol. The van der Waals surface area contributed by atoms with Crippen molar-refractivity contribution in [2.75, 3.05) is 0 Å². The Hall–Kier alpha value is -3.54. The van der Waals surface area contributed by atoms with E-state index in [2.05, 4.69) is 108 Å².